The molecule has 0 bridgehead atoms. The first-order valence-corrected chi connectivity index (χ1v) is 8.80. The smallest absolute Gasteiger partial charge is 0.255 e. The molecule has 0 aromatic heterocycles. The Morgan fingerprint density at radius 3 is 2.74 bits per heavy atom. The van der Waals surface area contributed by atoms with Crippen LogP contribution in [0.5, 0.6) is 11.5 Å². The van der Waals surface area contributed by atoms with Crippen LogP contribution in [0.15, 0.2) is 42.0 Å². The van der Waals surface area contributed by atoms with E-state index in [-0.39, 0.29) is 18.4 Å². The fourth-order valence-corrected chi connectivity index (χ4v) is 2.85. The third-order valence-electron chi connectivity index (χ3n) is 4.04. The minimum absolute atomic E-state index is 0.121. The van der Waals surface area contributed by atoms with Gasteiger partial charge in [-0.3, -0.25) is 9.59 Å². The van der Waals surface area contributed by atoms with Crippen molar-refractivity contribution in [3.8, 4) is 11.5 Å². The molecule has 7 heteroatoms. The Bertz CT molecular complexity index is 924. The highest BCUT2D eigenvalue weighted by molar-refractivity contribution is 6.31. The van der Waals surface area contributed by atoms with Crippen molar-refractivity contribution in [1.29, 1.82) is 0 Å². The summed E-state index contributed by atoms with van der Waals surface area (Å²) in [6.07, 6.45) is 1.76. The maximum absolute atomic E-state index is 12.7. The molecule has 0 aliphatic carbocycles. The van der Waals surface area contributed by atoms with E-state index < -0.39 is 0 Å². The molecule has 0 saturated carbocycles. The van der Waals surface area contributed by atoms with Crippen LogP contribution in [0.25, 0.3) is 6.08 Å². The zero-order valence-electron chi connectivity index (χ0n) is 15.0. The molecular weight excluding hydrogens is 368 g/mol. The van der Waals surface area contributed by atoms with Crippen LogP contribution in [0.1, 0.15) is 22.8 Å². The Morgan fingerprint density at radius 2 is 2.00 bits per heavy atom. The summed E-state index contributed by atoms with van der Waals surface area (Å²) in [6.45, 7) is 2.41. The largest absolute Gasteiger partial charge is 0.497 e. The van der Waals surface area contributed by atoms with Crippen LogP contribution >= 0.6 is 11.6 Å². The van der Waals surface area contributed by atoms with E-state index in [0.717, 1.165) is 5.56 Å². The molecule has 1 heterocycles. The Hall–Kier alpha value is -2.99. The average molecular weight is 387 g/mol. The van der Waals surface area contributed by atoms with Crippen molar-refractivity contribution in [2.24, 2.45) is 0 Å². The molecule has 0 spiro atoms. The molecule has 1 aliphatic rings. The van der Waals surface area contributed by atoms with Gasteiger partial charge in [-0.1, -0.05) is 11.6 Å². The molecule has 2 aromatic rings. The first kappa shape index (κ1) is 18.8. The molecule has 2 N–H and O–H groups in total. The molecule has 1 aliphatic heterocycles. The van der Waals surface area contributed by atoms with Crippen LogP contribution < -0.4 is 20.1 Å². The van der Waals surface area contributed by atoms with E-state index in [1.54, 1.807) is 37.5 Å². The van der Waals surface area contributed by atoms with Gasteiger partial charge in [0, 0.05) is 23.2 Å². The van der Waals surface area contributed by atoms with Gasteiger partial charge in [-0.15, -0.1) is 0 Å². The highest BCUT2D eigenvalue weighted by Gasteiger charge is 2.20. The monoisotopic (exact) mass is 386 g/mol. The van der Waals surface area contributed by atoms with Crippen LogP contribution in [0.3, 0.4) is 0 Å². The number of halogens is 1. The highest BCUT2D eigenvalue weighted by atomic mass is 35.5. The number of hydrogen-bond donors (Lipinski definition) is 2. The average Bonchev–Trinajstić information content (AvgIpc) is 2.68. The van der Waals surface area contributed by atoms with E-state index in [4.69, 9.17) is 21.1 Å². The molecule has 0 radical (unpaired) electrons. The molecule has 2 aromatic carbocycles. The number of ether oxygens (including phenoxy) is 2. The van der Waals surface area contributed by atoms with Crippen molar-refractivity contribution in [2.75, 3.05) is 25.6 Å². The number of methoxy groups -OCH3 is 1. The number of amides is 2. The van der Waals surface area contributed by atoms with Crippen molar-refractivity contribution >= 4 is 35.2 Å². The standard InChI is InChI=1S/C20H19ClN2O4/c1-3-22-20(25)16-9-14(21)5-7-17(16)23-19(24)13-8-12-4-6-15(26-2)10-18(12)27-11-13/h4-10H,3,11H2,1-2H3,(H,22,25)(H,23,24). The Balaban J connectivity index is 1.83. The minimum Gasteiger partial charge on any atom is -0.497 e. The van der Waals surface area contributed by atoms with E-state index in [9.17, 15) is 9.59 Å². The normalized spacial score (nSPS) is 12.3. The molecule has 3 rings (SSSR count). The van der Waals surface area contributed by atoms with Gasteiger partial charge in [0.1, 0.15) is 18.1 Å². The molecule has 2 amide bonds. The van der Waals surface area contributed by atoms with Crippen LogP contribution in [0.2, 0.25) is 5.02 Å². The van der Waals surface area contributed by atoms with Gasteiger partial charge >= 0.3 is 0 Å². The number of hydrogen-bond acceptors (Lipinski definition) is 4. The lowest BCUT2D eigenvalue weighted by Crippen LogP contribution is -2.26. The molecule has 0 saturated heterocycles. The fourth-order valence-electron chi connectivity index (χ4n) is 2.67. The molecule has 6 nitrogen and oxygen atoms in total. The van der Waals surface area contributed by atoms with Crippen LogP contribution in [-0.4, -0.2) is 32.1 Å². The molecule has 0 fully saturated rings. The summed E-state index contributed by atoms with van der Waals surface area (Å²) >= 11 is 5.99. The van der Waals surface area contributed by atoms with E-state index in [1.807, 2.05) is 13.0 Å². The Morgan fingerprint density at radius 1 is 1.19 bits per heavy atom. The SMILES string of the molecule is CCNC(=O)c1cc(Cl)ccc1NC(=O)C1=Cc2ccc(OC)cc2OC1. The second-order valence-corrected chi connectivity index (χ2v) is 6.30. The van der Waals surface area contributed by atoms with Crippen molar-refractivity contribution in [1.82, 2.24) is 5.32 Å². The van der Waals surface area contributed by atoms with E-state index in [2.05, 4.69) is 10.6 Å². The number of benzene rings is 2. The first-order valence-electron chi connectivity index (χ1n) is 8.42. The maximum atomic E-state index is 12.7. The summed E-state index contributed by atoms with van der Waals surface area (Å²) in [5.74, 6) is 0.689. The van der Waals surface area contributed by atoms with Gasteiger partial charge in [0.2, 0.25) is 0 Å². The van der Waals surface area contributed by atoms with Gasteiger partial charge in [-0.25, -0.2) is 0 Å². The van der Waals surface area contributed by atoms with Gasteiger partial charge in [0.25, 0.3) is 11.8 Å². The second-order valence-electron chi connectivity index (χ2n) is 5.87. The van der Waals surface area contributed by atoms with Crippen molar-refractivity contribution in [2.45, 2.75) is 6.92 Å². The number of rotatable bonds is 5. The Kier molecular flexibility index (Phi) is 5.66. The number of carbonyl (C=O) groups is 2. The second kappa shape index (κ2) is 8.14. The Labute approximate surface area is 162 Å². The van der Waals surface area contributed by atoms with E-state index >= 15 is 0 Å². The molecular formula is C20H19ClN2O4. The number of anilines is 1. The molecule has 0 atom stereocenters. The lowest BCUT2D eigenvalue weighted by Gasteiger charge is -2.19. The molecule has 0 unspecified atom stereocenters. The lowest BCUT2D eigenvalue weighted by molar-refractivity contribution is -0.113. The maximum Gasteiger partial charge on any atom is 0.255 e. The summed E-state index contributed by atoms with van der Waals surface area (Å²) < 4.78 is 10.8. The van der Waals surface area contributed by atoms with Gasteiger partial charge in [0.15, 0.2) is 0 Å². The van der Waals surface area contributed by atoms with Gasteiger partial charge in [0.05, 0.1) is 23.9 Å². The summed E-state index contributed by atoms with van der Waals surface area (Å²) in [5.41, 5.74) is 1.92. The van der Waals surface area contributed by atoms with Crippen molar-refractivity contribution in [3.63, 3.8) is 0 Å². The first-order chi connectivity index (χ1) is 13.0. The predicted octanol–water partition coefficient (Wildman–Crippen LogP) is 3.51. The van der Waals surface area contributed by atoms with Crippen LogP contribution in [-0.2, 0) is 4.79 Å². The van der Waals surface area contributed by atoms with Crippen molar-refractivity contribution in [3.05, 3.63) is 58.1 Å². The zero-order chi connectivity index (χ0) is 19.4. The fraction of sp³-hybridized carbons (Fsp3) is 0.200. The van der Waals surface area contributed by atoms with Gasteiger partial charge < -0.3 is 20.1 Å². The zero-order valence-corrected chi connectivity index (χ0v) is 15.7. The molecule has 140 valence electrons. The highest BCUT2D eigenvalue weighted by Crippen LogP contribution is 2.31. The van der Waals surface area contributed by atoms with E-state index in [1.165, 1.54) is 6.07 Å². The quantitative estimate of drug-likeness (QED) is 0.824. The third kappa shape index (κ3) is 4.23. The van der Waals surface area contributed by atoms with Crippen LogP contribution in [0, 0.1) is 0 Å². The van der Waals surface area contributed by atoms with Crippen molar-refractivity contribution < 1.29 is 19.1 Å². The number of nitrogens with one attached hydrogen (secondary N) is 2. The number of carbonyl (C=O) groups excluding carboxylic acids is 2. The van der Waals surface area contributed by atoms with Crippen LogP contribution in [0.4, 0.5) is 5.69 Å². The summed E-state index contributed by atoms with van der Waals surface area (Å²) in [6, 6.07) is 10.1. The summed E-state index contributed by atoms with van der Waals surface area (Å²) in [4.78, 5) is 24.9. The topological polar surface area (TPSA) is 76.7 Å². The van der Waals surface area contributed by atoms with Gasteiger partial charge in [-0.2, -0.15) is 0 Å². The minimum atomic E-state index is -0.343. The lowest BCUT2D eigenvalue weighted by atomic mass is 10.1. The summed E-state index contributed by atoms with van der Waals surface area (Å²) in [5, 5.41) is 5.89. The number of fused-ring (bicyclic) bond motifs is 1. The predicted molar refractivity (Wildman–Crippen MR) is 105 cm³/mol. The van der Waals surface area contributed by atoms with Gasteiger partial charge in [-0.05, 0) is 43.3 Å². The molecule has 27 heavy (non-hydrogen) atoms. The third-order valence-corrected chi connectivity index (χ3v) is 4.27. The summed E-state index contributed by atoms with van der Waals surface area (Å²) in [7, 11) is 1.58. The van der Waals surface area contributed by atoms with E-state index in [0.29, 0.717) is 39.9 Å².